The summed E-state index contributed by atoms with van der Waals surface area (Å²) in [5.74, 6) is 0.227. The standard InChI is InChI=1S/C12H20N4OS/c1-12(6-4-5-7-12)15-10(17)8-9(13)14-11(18-8)16(2)3/h4-7,13H2,1-3H3,(H,15,17). The highest BCUT2D eigenvalue weighted by molar-refractivity contribution is 7.18. The molecule has 2 rings (SSSR count). The fraction of sp³-hybridized carbons (Fsp3) is 0.667. The third-order valence-corrected chi connectivity index (χ3v) is 4.59. The summed E-state index contributed by atoms with van der Waals surface area (Å²) in [5.41, 5.74) is 5.73. The van der Waals surface area contributed by atoms with E-state index in [-0.39, 0.29) is 11.4 Å². The maximum atomic E-state index is 12.2. The van der Waals surface area contributed by atoms with Crippen LogP contribution in [0.1, 0.15) is 42.3 Å². The summed E-state index contributed by atoms with van der Waals surface area (Å²) in [6, 6.07) is 0. The van der Waals surface area contributed by atoms with Crippen LogP contribution in [0.5, 0.6) is 0 Å². The molecule has 5 nitrogen and oxygen atoms in total. The summed E-state index contributed by atoms with van der Waals surface area (Å²) in [4.78, 5) is 18.8. The topological polar surface area (TPSA) is 71.2 Å². The van der Waals surface area contributed by atoms with Crippen LogP contribution in [0.3, 0.4) is 0 Å². The Labute approximate surface area is 111 Å². The van der Waals surface area contributed by atoms with Crippen molar-refractivity contribution in [3.05, 3.63) is 4.88 Å². The first-order chi connectivity index (χ1) is 8.41. The third-order valence-electron chi connectivity index (χ3n) is 3.35. The smallest absolute Gasteiger partial charge is 0.265 e. The number of carbonyl (C=O) groups excluding carboxylic acids is 1. The van der Waals surface area contributed by atoms with Crippen LogP contribution in [0.25, 0.3) is 0 Å². The first-order valence-corrected chi connectivity index (χ1v) is 6.99. The average molecular weight is 268 g/mol. The van der Waals surface area contributed by atoms with Crippen molar-refractivity contribution in [3.8, 4) is 0 Å². The Kier molecular flexibility index (Phi) is 3.47. The third kappa shape index (κ3) is 2.58. The molecule has 1 aliphatic rings. The lowest BCUT2D eigenvalue weighted by Gasteiger charge is -2.24. The van der Waals surface area contributed by atoms with Crippen LogP contribution in [0, 0.1) is 0 Å². The Morgan fingerprint density at radius 2 is 2.06 bits per heavy atom. The number of nitrogens with one attached hydrogen (secondary N) is 1. The van der Waals surface area contributed by atoms with Crippen LogP contribution in [-0.4, -0.2) is 30.5 Å². The maximum absolute atomic E-state index is 12.2. The summed E-state index contributed by atoms with van der Waals surface area (Å²) in [7, 11) is 3.77. The molecule has 1 saturated carbocycles. The van der Waals surface area contributed by atoms with E-state index in [0.29, 0.717) is 10.7 Å². The molecule has 1 aliphatic carbocycles. The molecular weight excluding hydrogens is 248 g/mol. The molecule has 0 saturated heterocycles. The van der Waals surface area contributed by atoms with Gasteiger partial charge in [-0.3, -0.25) is 4.79 Å². The Bertz CT molecular complexity index is 449. The molecule has 3 N–H and O–H groups in total. The van der Waals surface area contributed by atoms with Gasteiger partial charge in [0.2, 0.25) is 0 Å². The maximum Gasteiger partial charge on any atom is 0.265 e. The predicted octanol–water partition coefficient (Wildman–Crippen LogP) is 1.85. The van der Waals surface area contributed by atoms with Gasteiger partial charge in [-0.25, -0.2) is 4.98 Å². The Morgan fingerprint density at radius 3 is 2.56 bits per heavy atom. The van der Waals surface area contributed by atoms with Crippen LogP contribution < -0.4 is 16.0 Å². The van der Waals surface area contributed by atoms with E-state index in [9.17, 15) is 4.79 Å². The van der Waals surface area contributed by atoms with Gasteiger partial charge in [-0.05, 0) is 19.8 Å². The van der Waals surface area contributed by atoms with E-state index in [2.05, 4.69) is 17.2 Å². The minimum atomic E-state index is -0.0949. The van der Waals surface area contributed by atoms with E-state index >= 15 is 0 Å². The van der Waals surface area contributed by atoms with Gasteiger partial charge in [-0.2, -0.15) is 0 Å². The van der Waals surface area contributed by atoms with Crippen molar-refractivity contribution in [3.63, 3.8) is 0 Å². The van der Waals surface area contributed by atoms with Crippen molar-refractivity contribution in [1.29, 1.82) is 0 Å². The molecule has 0 atom stereocenters. The Hall–Kier alpha value is -1.30. The van der Waals surface area contributed by atoms with Crippen LogP contribution in [-0.2, 0) is 0 Å². The summed E-state index contributed by atoms with van der Waals surface area (Å²) >= 11 is 1.34. The molecule has 6 heteroatoms. The molecule has 1 aromatic rings. The quantitative estimate of drug-likeness (QED) is 0.877. The van der Waals surface area contributed by atoms with Crippen molar-refractivity contribution < 1.29 is 4.79 Å². The van der Waals surface area contributed by atoms with E-state index < -0.39 is 0 Å². The first kappa shape index (κ1) is 13.1. The first-order valence-electron chi connectivity index (χ1n) is 6.17. The minimum absolute atomic E-state index is 0.0776. The van der Waals surface area contributed by atoms with E-state index in [1.807, 2.05) is 19.0 Å². The van der Waals surface area contributed by atoms with Gasteiger partial charge < -0.3 is 16.0 Å². The molecule has 0 unspecified atom stereocenters. The predicted molar refractivity (Wildman–Crippen MR) is 75.2 cm³/mol. The second-order valence-electron chi connectivity index (χ2n) is 5.33. The number of amides is 1. The van der Waals surface area contributed by atoms with Crippen molar-refractivity contribution in [2.45, 2.75) is 38.1 Å². The van der Waals surface area contributed by atoms with Crippen LogP contribution in [0.4, 0.5) is 10.9 Å². The van der Waals surface area contributed by atoms with Crippen LogP contribution in [0.15, 0.2) is 0 Å². The zero-order chi connectivity index (χ0) is 13.3. The van der Waals surface area contributed by atoms with Crippen molar-refractivity contribution >= 4 is 28.2 Å². The van der Waals surface area contributed by atoms with Gasteiger partial charge in [0.05, 0.1) is 0 Å². The van der Waals surface area contributed by atoms with E-state index in [1.165, 1.54) is 24.2 Å². The molecule has 1 aromatic heterocycles. The Balaban J connectivity index is 2.13. The zero-order valence-electron chi connectivity index (χ0n) is 11.1. The molecule has 1 fully saturated rings. The van der Waals surface area contributed by atoms with Crippen molar-refractivity contribution in [1.82, 2.24) is 10.3 Å². The normalized spacial score (nSPS) is 17.7. The fourth-order valence-electron chi connectivity index (χ4n) is 2.29. The summed E-state index contributed by atoms with van der Waals surface area (Å²) in [6.45, 7) is 2.10. The molecule has 0 spiro atoms. The van der Waals surface area contributed by atoms with Crippen molar-refractivity contribution in [2.75, 3.05) is 24.7 Å². The number of nitrogens with zero attached hydrogens (tertiary/aromatic N) is 2. The highest BCUT2D eigenvalue weighted by Crippen LogP contribution is 2.31. The molecule has 1 heterocycles. The number of aromatic nitrogens is 1. The number of hydrogen-bond acceptors (Lipinski definition) is 5. The SMILES string of the molecule is CN(C)c1nc(N)c(C(=O)NC2(C)CCCC2)s1. The van der Waals surface area contributed by atoms with E-state index in [1.54, 1.807) is 0 Å². The molecule has 100 valence electrons. The number of hydrogen-bond donors (Lipinski definition) is 2. The highest BCUT2D eigenvalue weighted by Gasteiger charge is 2.31. The number of rotatable bonds is 3. The van der Waals surface area contributed by atoms with Crippen LogP contribution >= 0.6 is 11.3 Å². The lowest BCUT2D eigenvalue weighted by molar-refractivity contribution is 0.0913. The van der Waals surface area contributed by atoms with Gasteiger partial charge in [0.25, 0.3) is 5.91 Å². The fourth-order valence-corrected chi connectivity index (χ4v) is 3.09. The minimum Gasteiger partial charge on any atom is -0.382 e. The molecule has 0 radical (unpaired) electrons. The largest absolute Gasteiger partial charge is 0.382 e. The number of anilines is 2. The van der Waals surface area contributed by atoms with Crippen molar-refractivity contribution in [2.24, 2.45) is 0 Å². The lowest BCUT2D eigenvalue weighted by atomic mass is 10.0. The molecule has 18 heavy (non-hydrogen) atoms. The molecular formula is C12H20N4OS. The van der Waals surface area contributed by atoms with Gasteiger partial charge >= 0.3 is 0 Å². The highest BCUT2D eigenvalue weighted by atomic mass is 32.1. The number of nitrogen functional groups attached to an aromatic ring is 1. The monoisotopic (exact) mass is 268 g/mol. The molecule has 1 amide bonds. The van der Waals surface area contributed by atoms with Gasteiger partial charge in [0.15, 0.2) is 5.13 Å². The van der Waals surface area contributed by atoms with Gasteiger partial charge in [-0.15, -0.1) is 0 Å². The molecule has 0 aliphatic heterocycles. The van der Waals surface area contributed by atoms with E-state index in [0.717, 1.165) is 18.0 Å². The summed E-state index contributed by atoms with van der Waals surface area (Å²) in [5, 5.41) is 3.86. The van der Waals surface area contributed by atoms with Gasteiger partial charge in [0.1, 0.15) is 10.7 Å². The zero-order valence-corrected chi connectivity index (χ0v) is 11.9. The second kappa shape index (κ2) is 4.76. The van der Waals surface area contributed by atoms with E-state index in [4.69, 9.17) is 5.73 Å². The van der Waals surface area contributed by atoms with Crippen LogP contribution in [0.2, 0.25) is 0 Å². The number of thiazole rings is 1. The van der Waals surface area contributed by atoms with Gasteiger partial charge in [0, 0.05) is 19.6 Å². The number of nitrogens with two attached hydrogens (primary N) is 1. The van der Waals surface area contributed by atoms with Gasteiger partial charge in [-0.1, -0.05) is 24.2 Å². The number of carbonyl (C=O) groups is 1. The lowest BCUT2D eigenvalue weighted by Crippen LogP contribution is -2.43. The second-order valence-corrected chi connectivity index (χ2v) is 6.30. The summed E-state index contributed by atoms with van der Waals surface area (Å²) in [6.07, 6.45) is 4.44. The molecule has 0 aromatic carbocycles. The molecule has 0 bridgehead atoms. The summed E-state index contributed by atoms with van der Waals surface area (Å²) < 4.78 is 0. The Morgan fingerprint density at radius 1 is 1.44 bits per heavy atom. The average Bonchev–Trinajstić information content (AvgIpc) is 2.85.